The van der Waals surface area contributed by atoms with Crippen LogP contribution in [0.4, 0.5) is 0 Å². The van der Waals surface area contributed by atoms with Crippen molar-refractivity contribution in [3.63, 3.8) is 0 Å². The molecule has 2 rings (SSSR count). The molecular weight excluding hydrogens is 180 g/mol. The number of esters is 1. The highest BCUT2D eigenvalue weighted by atomic mass is 16.5. The third-order valence-corrected chi connectivity index (χ3v) is 3.15. The SMILES string of the molecule is CCOC(=O)CC1CC2CCC(C1)O2. The van der Waals surface area contributed by atoms with Crippen LogP contribution in [0.3, 0.4) is 0 Å². The first kappa shape index (κ1) is 9.97. The molecule has 14 heavy (non-hydrogen) atoms. The molecule has 0 aromatic carbocycles. The highest BCUT2D eigenvalue weighted by Gasteiger charge is 2.35. The molecule has 2 bridgehead atoms. The number of hydrogen-bond acceptors (Lipinski definition) is 3. The fourth-order valence-electron chi connectivity index (χ4n) is 2.59. The highest BCUT2D eigenvalue weighted by Crippen LogP contribution is 2.37. The lowest BCUT2D eigenvalue weighted by molar-refractivity contribution is -0.145. The number of fused-ring (bicyclic) bond motifs is 2. The lowest BCUT2D eigenvalue weighted by atomic mass is 9.92. The van der Waals surface area contributed by atoms with E-state index in [0.29, 0.717) is 31.2 Å². The Morgan fingerprint density at radius 2 is 2.00 bits per heavy atom. The van der Waals surface area contributed by atoms with E-state index < -0.39 is 0 Å². The quantitative estimate of drug-likeness (QED) is 0.650. The Bertz CT molecular complexity index is 203. The van der Waals surface area contributed by atoms with Crippen molar-refractivity contribution in [2.45, 2.75) is 51.2 Å². The van der Waals surface area contributed by atoms with Crippen LogP contribution in [0.25, 0.3) is 0 Å². The number of carbonyl (C=O) groups excluding carboxylic acids is 1. The molecule has 0 aromatic heterocycles. The minimum atomic E-state index is -0.0428. The van der Waals surface area contributed by atoms with E-state index in [0.717, 1.165) is 12.8 Å². The molecule has 2 heterocycles. The molecule has 2 aliphatic rings. The molecule has 2 saturated heterocycles. The van der Waals surface area contributed by atoms with Gasteiger partial charge in [-0.3, -0.25) is 4.79 Å². The van der Waals surface area contributed by atoms with Gasteiger partial charge in [0.2, 0.25) is 0 Å². The van der Waals surface area contributed by atoms with Gasteiger partial charge in [0.05, 0.1) is 18.8 Å². The highest BCUT2D eigenvalue weighted by molar-refractivity contribution is 5.69. The molecule has 0 saturated carbocycles. The molecule has 0 spiro atoms. The second-order valence-electron chi connectivity index (χ2n) is 4.30. The van der Waals surface area contributed by atoms with Gasteiger partial charge in [0.15, 0.2) is 0 Å². The van der Waals surface area contributed by atoms with Crippen LogP contribution in [-0.4, -0.2) is 24.8 Å². The van der Waals surface area contributed by atoms with Crippen molar-refractivity contribution in [1.29, 1.82) is 0 Å². The maximum atomic E-state index is 11.3. The molecule has 2 fully saturated rings. The molecule has 3 heteroatoms. The maximum Gasteiger partial charge on any atom is 0.306 e. The fourth-order valence-corrected chi connectivity index (χ4v) is 2.59. The van der Waals surface area contributed by atoms with Gasteiger partial charge in [-0.2, -0.15) is 0 Å². The van der Waals surface area contributed by atoms with Crippen molar-refractivity contribution < 1.29 is 14.3 Å². The predicted octanol–water partition coefficient (Wildman–Crippen LogP) is 1.90. The van der Waals surface area contributed by atoms with Gasteiger partial charge in [0.1, 0.15) is 0 Å². The largest absolute Gasteiger partial charge is 0.466 e. The molecule has 0 aromatic rings. The smallest absolute Gasteiger partial charge is 0.306 e. The van der Waals surface area contributed by atoms with E-state index in [1.54, 1.807) is 0 Å². The predicted molar refractivity (Wildman–Crippen MR) is 51.9 cm³/mol. The van der Waals surface area contributed by atoms with Crippen molar-refractivity contribution in [3.8, 4) is 0 Å². The Labute approximate surface area is 84.8 Å². The lowest BCUT2D eigenvalue weighted by Crippen LogP contribution is -2.26. The van der Waals surface area contributed by atoms with E-state index in [-0.39, 0.29) is 5.97 Å². The molecule has 0 radical (unpaired) electrons. The van der Waals surface area contributed by atoms with E-state index in [1.807, 2.05) is 6.92 Å². The second-order valence-corrected chi connectivity index (χ2v) is 4.30. The standard InChI is InChI=1S/C11H18O3/c1-2-13-11(12)7-8-5-9-3-4-10(6-8)14-9/h8-10H,2-7H2,1H3. The van der Waals surface area contributed by atoms with Crippen LogP contribution in [0, 0.1) is 5.92 Å². The number of rotatable bonds is 3. The summed E-state index contributed by atoms with van der Waals surface area (Å²) in [6.45, 7) is 2.35. The zero-order chi connectivity index (χ0) is 9.97. The zero-order valence-corrected chi connectivity index (χ0v) is 8.70. The Kier molecular flexibility index (Phi) is 3.06. The van der Waals surface area contributed by atoms with Gasteiger partial charge >= 0.3 is 5.97 Å². The summed E-state index contributed by atoms with van der Waals surface area (Å²) >= 11 is 0. The van der Waals surface area contributed by atoms with E-state index in [1.165, 1.54) is 12.8 Å². The molecular formula is C11H18O3. The maximum absolute atomic E-state index is 11.3. The summed E-state index contributed by atoms with van der Waals surface area (Å²) in [6, 6.07) is 0. The van der Waals surface area contributed by atoms with E-state index >= 15 is 0 Å². The minimum absolute atomic E-state index is 0.0428. The summed E-state index contributed by atoms with van der Waals surface area (Å²) in [6.07, 6.45) is 5.91. The third kappa shape index (κ3) is 2.27. The molecule has 2 unspecified atom stereocenters. The van der Waals surface area contributed by atoms with Crippen LogP contribution in [0.5, 0.6) is 0 Å². The van der Waals surface area contributed by atoms with Crippen LogP contribution in [0.2, 0.25) is 0 Å². The van der Waals surface area contributed by atoms with Crippen molar-refractivity contribution in [2.24, 2.45) is 5.92 Å². The summed E-state index contributed by atoms with van der Waals surface area (Å²) in [5.74, 6) is 0.458. The van der Waals surface area contributed by atoms with Gasteiger partial charge in [-0.15, -0.1) is 0 Å². The normalized spacial score (nSPS) is 35.6. The summed E-state index contributed by atoms with van der Waals surface area (Å²) in [4.78, 5) is 11.3. The van der Waals surface area contributed by atoms with Gasteiger partial charge in [-0.25, -0.2) is 0 Å². The van der Waals surface area contributed by atoms with Crippen molar-refractivity contribution in [1.82, 2.24) is 0 Å². The van der Waals surface area contributed by atoms with Crippen LogP contribution >= 0.6 is 0 Å². The van der Waals surface area contributed by atoms with Crippen LogP contribution in [-0.2, 0) is 14.3 Å². The molecule has 80 valence electrons. The summed E-state index contributed by atoms with van der Waals surface area (Å²) < 4.78 is 10.7. The van der Waals surface area contributed by atoms with Gasteiger partial charge in [0.25, 0.3) is 0 Å². The van der Waals surface area contributed by atoms with Gasteiger partial charge in [0, 0.05) is 6.42 Å². The third-order valence-electron chi connectivity index (χ3n) is 3.15. The van der Waals surface area contributed by atoms with Crippen molar-refractivity contribution in [3.05, 3.63) is 0 Å². The summed E-state index contributed by atoms with van der Waals surface area (Å²) in [5, 5.41) is 0. The van der Waals surface area contributed by atoms with Crippen LogP contribution in [0.15, 0.2) is 0 Å². The van der Waals surface area contributed by atoms with Crippen LogP contribution in [0.1, 0.15) is 39.0 Å². The molecule has 0 amide bonds. The Hall–Kier alpha value is -0.570. The Balaban J connectivity index is 1.79. The Morgan fingerprint density at radius 3 is 2.57 bits per heavy atom. The zero-order valence-electron chi connectivity index (χ0n) is 8.70. The first-order valence-corrected chi connectivity index (χ1v) is 5.59. The number of ether oxygens (including phenoxy) is 2. The summed E-state index contributed by atoms with van der Waals surface area (Å²) in [7, 11) is 0. The van der Waals surface area contributed by atoms with E-state index in [2.05, 4.69) is 0 Å². The van der Waals surface area contributed by atoms with Gasteiger partial charge in [-0.1, -0.05) is 0 Å². The molecule has 3 nitrogen and oxygen atoms in total. The fraction of sp³-hybridized carbons (Fsp3) is 0.909. The average Bonchev–Trinajstić information content (AvgIpc) is 2.46. The average molecular weight is 198 g/mol. The molecule has 0 N–H and O–H groups in total. The minimum Gasteiger partial charge on any atom is -0.466 e. The lowest BCUT2D eigenvalue weighted by Gasteiger charge is -2.27. The molecule has 0 aliphatic carbocycles. The molecule has 2 aliphatic heterocycles. The topological polar surface area (TPSA) is 35.5 Å². The summed E-state index contributed by atoms with van der Waals surface area (Å²) in [5.41, 5.74) is 0. The number of hydrogen-bond donors (Lipinski definition) is 0. The number of carbonyl (C=O) groups is 1. The van der Waals surface area contributed by atoms with Crippen molar-refractivity contribution >= 4 is 5.97 Å². The second kappa shape index (κ2) is 4.30. The molecule has 2 atom stereocenters. The van der Waals surface area contributed by atoms with E-state index in [9.17, 15) is 4.79 Å². The van der Waals surface area contributed by atoms with Crippen molar-refractivity contribution in [2.75, 3.05) is 6.61 Å². The van der Waals surface area contributed by atoms with Gasteiger partial charge in [-0.05, 0) is 38.5 Å². The van der Waals surface area contributed by atoms with E-state index in [4.69, 9.17) is 9.47 Å². The monoisotopic (exact) mass is 198 g/mol. The first-order valence-electron chi connectivity index (χ1n) is 5.59. The first-order chi connectivity index (χ1) is 6.78. The van der Waals surface area contributed by atoms with Crippen LogP contribution < -0.4 is 0 Å². The van der Waals surface area contributed by atoms with Gasteiger partial charge < -0.3 is 9.47 Å². The Morgan fingerprint density at radius 1 is 1.36 bits per heavy atom.